The van der Waals surface area contributed by atoms with Gasteiger partial charge in [-0.3, -0.25) is 0 Å². The molecule has 0 saturated heterocycles. The Kier molecular flexibility index (Phi) is 7.80. The first-order valence-electron chi connectivity index (χ1n) is 21.1. The lowest BCUT2D eigenvalue weighted by molar-refractivity contribution is 0.668. The Bertz CT molecular complexity index is 3790. The quantitative estimate of drug-likeness (QED) is 0.167. The molecule has 0 bridgehead atoms. The van der Waals surface area contributed by atoms with Crippen LogP contribution < -0.4 is 0 Å². The molecule has 6 nitrogen and oxygen atoms in total. The van der Waals surface area contributed by atoms with Crippen molar-refractivity contribution in [3.63, 3.8) is 0 Å². The van der Waals surface area contributed by atoms with Crippen LogP contribution >= 0.6 is 0 Å². The second-order valence-electron chi connectivity index (χ2n) is 15.9. The van der Waals surface area contributed by atoms with Crippen molar-refractivity contribution in [2.75, 3.05) is 0 Å². The summed E-state index contributed by atoms with van der Waals surface area (Å²) in [5, 5.41) is 6.37. The molecule has 6 heteroatoms. The molecule has 0 fully saturated rings. The molecular weight excluding hydrogens is 773 g/mol. The molecule has 4 aromatic heterocycles. The Hall–Kier alpha value is -8.61. The van der Waals surface area contributed by atoms with Gasteiger partial charge >= 0.3 is 0 Å². The van der Waals surface area contributed by atoms with Crippen LogP contribution in [0.5, 0.6) is 0 Å². The van der Waals surface area contributed by atoms with Crippen LogP contribution in [0.4, 0.5) is 0 Å². The van der Waals surface area contributed by atoms with Crippen molar-refractivity contribution < 1.29 is 8.83 Å². The van der Waals surface area contributed by atoms with Crippen LogP contribution in [0.1, 0.15) is 0 Å². The molecule has 4 heterocycles. The highest BCUT2D eigenvalue weighted by Crippen LogP contribution is 2.48. The Morgan fingerprint density at radius 3 is 1.44 bits per heavy atom. The monoisotopic (exact) mass is 806 g/mol. The number of nitrogens with zero attached hydrogens (tertiary/aromatic N) is 4. The van der Waals surface area contributed by atoms with Crippen LogP contribution in [0.15, 0.2) is 215 Å². The van der Waals surface area contributed by atoms with Gasteiger partial charge in [0, 0.05) is 49.2 Å². The summed E-state index contributed by atoms with van der Waals surface area (Å²) in [4.78, 5) is 15.7. The van der Waals surface area contributed by atoms with Crippen molar-refractivity contribution >= 4 is 65.7 Å². The first-order chi connectivity index (χ1) is 31.3. The summed E-state index contributed by atoms with van der Waals surface area (Å²) in [5.41, 5.74) is 13.2. The molecule has 0 spiro atoms. The van der Waals surface area contributed by atoms with E-state index in [1.54, 1.807) is 0 Å². The van der Waals surface area contributed by atoms with Crippen molar-refractivity contribution in [1.29, 1.82) is 0 Å². The SMILES string of the molecule is c1ccc(-c2nc(-c3ccccc3)nc(-c3ccc4oc5cccc(-c6cccc7c6oc6cccc(-c8ccccc8)c67)c5c4c3-n3c4ccccc4c4ccccc43)n2)cc1. The van der Waals surface area contributed by atoms with Gasteiger partial charge in [0.1, 0.15) is 22.3 Å². The van der Waals surface area contributed by atoms with Crippen LogP contribution in [0, 0.1) is 0 Å². The largest absolute Gasteiger partial charge is 0.456 e. The second-order valence-corrected chi connectivity index (χ2v) is 15.9. The van der Waals surface area contributed by atoms with E-state index >= 15 is 0 Å². The lowest BCUT2D eigenvalue weighted by Gasteiger charge is -2.16. The highest BCUT2D eigenvalue weighted by molar-refractivity contribution is 6.23. The van der Waals surface area contributed by atoms with Gasteiger partial charge in [-0.2, -0.15) is 0 Å². The molecule has 0 aliphatic rings. The smallest absolute Gasteiger partial charge is 0.166 e. The van der Waals surface area contributed by atoms with Gasteiger partial charge in [-0.1, -0.05) is 170 Å². The molecule has 13 aromatic rings. The maximum atomic E-state index is 6.91. The second kappa shape index (κ2) is 14.0. The van der Waals surface area contributed by atoms with Crippen LogP contribution in [0.3, 0.4) is 0 Å². The summed E-state index contributed by atoms with van der Waals surface area (Å²) in [7, 11) is 0. The van der Waals surface area contributed by atoms with Gasteiger partial charge in [0.15, 0.2) is 17.5 Å². The maximum Gasteiger partial charge on any atom is 0.166 e. The molecule has 0 radical (unpaired) electrons. The zero-order chi connectivity index (χ0) is 41.4. The first-order valence-corrected chi connectivity index (χ1v) is 21.1. The van der Waals surface area contributed by atoms with Gasteiger partial charge in [-0.25, -0.2) is 15.0 Å². The third-order valence-corrected chi connectivity index (χ3v) is 12.3. The van der Waals surface area contributed by atoms with Crippen molar-refractivity contribution in [2.45, 2.75) is 0 Å². The number of hydrogen-bond acceptors (Lipinski definition) is 5. The van der Waals surface area contributed by atoms with Crippen LogP contribution in [0.25, 0.3) is 128 Å². The molecular formula is C57H34N4O2. The first kappa shape index (κ1) is 35.2. The van der Waals surface area contributed by atoms with Gasteiger partial charge in [0.2, 0.25) is 0 Å². The third kappa shape index (κ3) is 5.48. The number of fused-ring (bicyclic) bond motifs is 9. The van der Waals surface area contributed by atoms with Crippen LogP contribution in [0.2, 0.25) is 0 Å². The van der Waals surface area contributed by atoms with Crippen molar-refractivity contribution in [3.05, 3.63) is 206 Å². The average Bonchev–Trinajstić information content (AvgIpc) is 4.04. The van der Waals surface area contributed by atoms with E-state index in [4.69, 9.17) is 23.8 Å². The van der Waals surface area contributed by atoms with Crippen molar-refractivity contribution in [3.8, 4) is 62.1 Å². The summed E-state index contributed by atoms with van der Waals surface area (Å²) in [6, 6.07) is 71.2. The van der Waals surface area contributed by atoms with Gasteiger partial charge in [-0.15, -0.1) is 0 Å². The zero-order valence-electron chi connectivity index (χ0n) is 33.7. The molecule has 0 saturated carbocycles. The number of furan rings is 2. The number of benzene rings is 9. The van der Waals surface area contributed by atoms with E-state index < -0.39 is 0 Å². The van der Waals surface area contributed by atoms with Gasteiger partial charge in [-0.05, 0) is 53.1 Å². The zero-order valence-corrected chi connectivity index (χ0v) is 33.7. The minimum Gasteiger partial charge on any atom is -0.456 e. The van der Waals surface area contributed by atoms with Crippen molar-refractivity contribution in [1.82, 2.24) is 19.5 Å². The summed E-state index contributed by atoms with van der Waals surface area (Å²) in [6.45, 7) is 0. The third-order valence-electron chi connectivity index (χ3n) is 12.3. The lowest BCUT2D eigenvalue weighted by atomic mass is 9.94. The predicted octanol–water partition coefficient (Wildman–Crippen LogP) is 15.1. The standard InChI is InChI=1S/C57H34N4O2/c1-4-17-35(18-5-1)38-25-15-31-47-50(38)43-28-14-27-42(54(43)63-47)41-26-16-32-48-51(41)52-49(62-48)34-33-44(53(52)61-45-29-12-10-23-39(45)40-24-11-13-30-46(40)61)57-59-55(36-19-6-2-7-20-36)58-56(60-57)37-21-8-3-9-22-37/h1-34H. The minimum atomic E-state index is 0.557. The fourth-order valence-electron chi connectivity index (χ4n) is 9.54. The van der Waals surface area contributed by atoms with E-state index in [-0.39, 0.29) is 0 Å². The van der Waals surface area contributed by atoms with E-state index in [0.717, 1.165) is 110 Å². The summed E-state index contributed by atoms with van der Waals surface area (Å²) in [5.74, 6) is 1.75. The molecule has 0 atom stereocenters. The number of hydrogen-bond donors (Lipinski definition) is 0. The number of para-hydroxylation sites is 3. The normalized spacial score (nSPS) is 11.8. The molecule has 0 N–H and O–H groups in total. The fraction of sp³-hybridized carbons (Fsp3) is 0. The predicted molar refractivity (Wildman–Crippen MR) is 256 cm³/mol. The van der Waals surface area contributed by atoms with Gasteiger partial charge in [0.25, 0.3) is 0 Å². The molecule has 0 aliphatic carbocycles. The van der Waals surface area contributed by atoms with Crippen LogP contribution in [-0.2, 0) is 0 Å². The fourth-order valence-corrected chi connectivity index (χ4v) is 9.54. The van der Waals surface area contributed by atoms with E-state index in [0.29, 0.717) is 17.5 Å². The Morgan fingerprint density at radius 2 is 0.794 bits per heavy atom. The molecule has 9 aromatic carbocycles. The van der Waals surface area contributed by atoms with E-state index in [9.17, 15) is 0 Å². The average molecular weight is 807 g/mol. The molecule has 0 amide bonds. The minimum absolute atomic E-state index is 0.557. The summed E-state index contributed by atoms with van der Waals surface area (Å²) >= 11 is 0. The Labute approximate surface area is 361 Å². The summed E-state index contributed by atoms with van der Waals surface area (Å²) in [6.07, 6.45) is 0. The highest BCUT2D eigenvalue weighted by Gasteiger charge is 2.26. The van der Waals surface area contributed by atoms with Crippen LogP contribution in [-0.4, -0.2) is 19.5 Å². The lowest BCUT2D eigenvalue weighted by Crippen LogP contribution is -2.04. The molecule has 63 heavy (non-hydrogen) atoms. The Morgan fingerprint density at radius 1 is 0.302 bits per heavy atom. The number of rotatable bonds is 6. The van der Waals surface area contributed by atoms with E-state index in [1.165, 1.54) is 0 Å². The van der Waals surface area contributed by atoms with Gasteiger partial charge in [0.05, 0.1) is 22.1 Å². The number of aromatic nitrogens is 4. The van der Waals surface area contributed by atoms with E-state index in [1.807, 2.05) is 60.7 Å². The Balaban J connectivity index is 1.17. The van der Waals surface area contributed by atoms with Crippen molar-refractivity contribution in [2.24, 2.45) is 0 Å². The summed E-state index contributed by atoms with van der Waals surface area (Å²) < 4.78 is 16.2. The van der Waals surface area contributed by atoms with Gasteiger partial charge < -0.3 is 13.4 Å². The van der Waals surface area contributed by atoms with E-state index in [2.05, 4.69) is 150 Å². The maximum absolute atomic E-state index is 6.91. The molecule has 294 valence electrons. The molecule has 0 unspecified atom stereocenters. The highest BCUT2D eigenvalue weighted by atomic mass is 16.3. The molecule has 0 aliphatic heterocycles. The topological polar surface area (TPSA) is 69.9 Å². The molecule has 13 rings (SSSR count).